The van der Waals surface area contributed by atoms with Crippen LogP contribution in [-0.2, 0) is 14.4 Å². The molecule has 0 aromatic heterocycles. The Balaban J connectivity index is 2.17. The highest BCUT2D eigenvalue weighted by Gasteiger charge is 2.22. The van der Waals surface area contributed by atoms with E-state index in [1.54, 1.807) is 6.08 Å². The van der Waals surface area contributed by atoms with E-state index in [2.05, 4.69) is 12.1 Å². The molecule has 0 aliphatic carbocycles. The second-order valence-electron chi connectivity index (χ2n) is 2.94. The van der Waals surface area contributed by atoms with Gasteiger partial charge in [0.05, 0.1) is 5.92 Å². The molecule has 13 heavy (non-hydrogen) atoms. The van der Waals surface area contributed by atoms with Gasteiger partial charge in [-0.1, -0.05) is 6.08 Å². The lowest BCUT2D eigenvalue weighted by Gasteiger charge is -2.19. The zero-order valence-corrected chi connectivity index (χ0v) is 7.62. The Hall–Kier alpha value is -0.870. The molecule has 74 valence electrons. The van der Waals surface area contributed by atoms with Crippen molar-refractivity contribution in [2.75, 3.05) is 19.8 Å². The van der Waals surface area contributed by atoms with Gasteiger partial charge in [0.25, 0.3) is 0 Å². The van der Waals surface area contributed by atoms with Gasteiger partial charge in [-0.25, -0.2) is 0 Å². The van der Waals surface area contributed by atoms with E-state index < -0.39 is 0 Å². The van der Waals surface area contributed by atoms with Crippen LogP contribution in [0.15, 0.2) is 12.7 Å². The molecule has 0 radical (unpaired) electrons. The first-order valence-corrected chi connectivity index (χ1v) is 4.46. The Labute approximate surface area is 77.9 Å². The van der Waals surface area contributed by atoms with Gasteiger partial charge >= 0.3 is 5.97 Å². The van der Waals surface area contributed by atoms with Crippen LogP contribution in [0.5, 0.6) is 0 Å². The maximum Gasteiger partial charge on any atom is 0.327 e. The minimum atomic E-state index is -0.190. The van der Waals surface area contributed by atoms with E-state index in [9.17, 15) is 4.79 Å². The predicted molar refractivity (Wildman–Crippen MR) is 47.8 cm³/mol. The van der Waals surface area contributed by atoms with Crippen molar-refractivity contribution >= 4 is 5.97 Å². The van der Waals surface area contributed by atoms with Gasteiger partial charge in [0.15, 0.2) is 0 Å². The molecule has 0 spiro atoms. The van der Waals surface area contributed by atoms with E-state index in [1.165, 1.54) is 0 Å². The van der Waals surface area contributed by atoms with Crippen molar-refractivity contribution < 1.29 is 14.4 Å². The Morgan fingerprint density at radius 2 is 2.31 bits per heavy atom. The van der Waals surface area contributed by atoms with Crippen molar-refractivity contribution in [2.45, 2.75) is 12.8 Å². The molecular weight excluding hydrogens is 170 g/mol. The van der Waals surface area contributed by atoms with Crippen LogP contribution in [0.2, 0.25) is 0 Å². The zero-order valence-electron chi connectivity index (χ0n) is 7.62. The molecule has 1 aliphatic heterocycles. The van der Waals surface area contributed by atoms with Gasteiger partial charge < -0.3 is 9.57 Å². The van der Waals surface area contributed by atoms with Gasteiger partial charge in [-0.2, -0.15) is 0 Å². The van der Waals surface area contributed by atoms with E-state index in [4.69, 9.17) is 9.57 Å². The Bertz CT molecular complexity index is 176. The second kappa shape index (κ2) is 5.72. The molecule has 1 fully saturated rings. The number of carbonyl (C=O) groups is 1. The third-order valence-electron chi connectivity index (χ3n) is 1.96. The third-order valence-corrected chi connectivity index (χ3v) is 1.96. The Morgan fingerprint density at radius 3 is 2.92 bits per heavy atom. The van der Waals surface area contributed by atoms with Gasteiger partial charge in [-0.3, -0.25) is 4.79 Å². The molecular formula is C9H15NO3. The molecule has 4 heteroatoms. The Kier molecular flexibility index (Phi) is 4.49. The van der Waals surface area contributed by atoms with E-state index in [-0.39, 0.29) is 11.9 Å². The molecule has 1 aliphatic rings. The first-order chi connectivity index (χ1) is 6.34. The SMILES string of the molecule is C=CCNOC(=O)C1CCOCC1. The van der Waals surface area contributed by atoms with Gasteiger partial charge in [0.2, 0.25) is 0 Å². The summed E-state index contributed by atoms with van der Waals surface area (Å²) in [5, 5.41) is 0. The molecule has 0 bridgehead atoms. The molecule has 0 aromatic carbocycles. The fraction of sp³-hybridized carbons (Fsp3) is 0.667. The van der Waals surface area contributed by atoms with Crippen LogP contribution in [0.25, 0.3) is 0 Å². The normalized spacial score (nSPS) is 18.2. The number of rotatable bonds is 4. The number of hydroxylamine groups is 1. The van der Waals surface area contributed by atoms with Crippen LogP contribution >= 0.6 is 0 Å². The van der Waals surface area contributed by atoms with Crippen LogP contribution in [-0.4, -0.2) is 25.7 Å². The zero-order chi connectivity index (χ0) is 9.52. The van der Waals surface area contributed by atoms with Crippen LogP contribution in [0.3, 0.4) is 0 Å². The quantitative estimate of drug-likeness (QED) is 0.397. The summed E-state index contributed by atoms with van der Waals surface area (Å²) in [6.07, 6.45) is 3.15. The fourth-order valence-corrected chi connectivity index (χ4v) is 1.19. The molecule has 1 heterocycles. The molecule has 0 aromatic rings. The molecule has 4 nitrogen and oxygen atoms in total. The van der Waals surface area contributed by atoms with Crippen molar-refractivity contribution in [3.05, 3.63) is 12.7 Å². The summed E-state index contributed by atoms with van der Waals surface area (Å²) in [5.74, 6) is -0.198. The first-order valence-electron chi connectivity index (χ1n) is 4.46. The monoisotopic (exact) mass is 185 g/mol. The molecule has 1 saturated heterocycles. The smallest absolute Gasteiger partial charge is 0.327 e. The van der Waals surface area contributed by atoms with E-state index in [0.717, 1.165) is 12.8 Å². The Morgan fingerprint density at radius 1 is 1.62 bits per heavy atom. The summed E-state index contributed by atoms with van der Waals surface area (Å²) >= 11 is 0. The van der Waals surface area contributed by atoms with E-state index in [1.807, 2.05) is 0 Å². The van der Waals surface area contributed by atoms with Crippen molar-refractivity contribution in [2.24, 2.45) is 5.92 Å². The summed E-state index contributed by atoms with van der Waals surface area (Å²) in [6.45, 7) is 5.29. The molecule has 1 N–H and O–H groups in total. The summed E-state index contributed by atoms with van der Waals surface area (Å²) < 4.78 is 5.13. The molecule has 0 saturated carbocycles. The van der Waals surface area contributed by atoms with E-state index in [0.29, 0.717) is 19.8 Å². The standard InChI is InChI=1S/C9H15NO3/c1-2-5-10-13-9(11)8-3-6-12-7-4-8/h2,8,10H,1,3-7H2. The van der Waals surface area contributed by atoms with Crippen molar-refractivity contribution in [3.63, 3.8) is 0 Å². The first kappa shape index (κ1) is 10.2. The molecule has 0 amide bonds. The lowest BCUT2D eigenvalue weighted by Crippen LogP contribution is -2.29. The highest BCUT2D eigenvalue weighted by molar-refractivity contribution is 5.72. The van der Waals surface area contributed by atoms with Crippen molar-refractivity contribution in [1.82, 2.24) is 5.48 Å². The highest BCUT2D eigenvalue weighted by Crippen LogP contribution is 2.15. The number of hydrogen-bond acceptors (Lipinski definition) is 4. The lowest BCUT2D eigenvalue weighted by molar-refractivity contribution is -0.158. The van der Waals surface area contributed by atoms with Gasteiger partial charge in [0.1, 0.15) is 0 Å². The van der Waals surface area contributed by atoms with Crippen LogP contribution in [0.1, 0.15) is 12.8 Å². The fourth-order valence-electron chi connectivity index (χ4n) is 1.19. The largest absolute Gasteiger partial charge is 0.381 e. The van der Waals surface area contributed by atoms with Crippen LogP contribution < -0.4 is 5.48 Å². The minimum absolute atomic E-state index is 0.00827. The number of hydrogen-bond donors (Lipinski definition) is 1. The molecule has 0 atom stereocenters. The lowest BCUT2D eigenvalue weighted by atomic mass is 10.0. The molecule has 0 unspecified atom stereocenters. The van der Waals surface area contributed by atoms with Gasteiger partial charge in [0, 0.05) is 19.8 Å². The number of ether oxygens (including phenoxy) is 1. The summed E-state index contributed by atoms with van der Waals surface area (Å²) in [4.78, 5) is 16.1. The van der Waals surface area contributed by atoms with Crippen molar-refractivity contribution in [1.29, 1.82) is 0 Å². The number of carbonyl (C=O) groups excluding carboxylic acids is 1. The summed E-state index contributed by atoms with van der Waals surface area (Å²) in [7, 11) is 0. The van der Waals surface area contributed by atoms with Crippen LogP contribution in [0.4, 0.5) is 0 Å². The average molecular weight is 185 g/mol. The predicted octanol–water partition coefficient (Wildman–Crippen LogP) is 0.647. The van der Waals surface area contributed by atoms with E-state index >= 15 is 0 Å². The third kappa shape index (κ3) is 3.57. The molecule has 1 rings (SSSR count). The topological polar surface area (TPSA) is 47.6 Å². The maximum absolute atomic E-state index is 11.3. The summed E-state index contributed by atoms with van der Waals surface area (Å²) in [6, 6.07) is 0. The highest BCUT2D eigenvalue weighted by atomic mass is 16.7. The average Bonchev–Trinajstić information content (AvgIpc) is 2.19. The van der Waals surface area contributed by atoms with Crippen LogP contribution in [0, 0.1) is 5.92 Å². The maximum atomic E-state index is 11.3. The summed E-state index contributed by atoms with van der Waals surface area (Å²) in [5.41, 5.74) is 2.52. The van der Waals surface area contributed by atoms with Crippen molar-refractivity contribution in [3.8, 4) is 0 Å². The minimum Gasteiger partial charge on any atom is -0.381 e. The second-order valence-corrected chi connectivity index (χ2v) is 2.94. The number of nitrogens with one attached hydrogen (secondary N) is 1. The van der Waals surface area contributed by atoms with Gasteiger partial charge in [-0.05, 0) is 12.8 Å². The van der Waals surface area contributed by atoms with Gasteiger partial charge in [-0.15, -0.1) is 12.1 Å².